The molecule has 0 bridgehead atoms. The minimum atomic E-state index is -0.516. The van der Waals surface area contributed by atoms with Crippen LogP contribution < -0.4 is 10.2 Å². The maximum absolute atomic E-state index is 13.3. The molecular weight excluding hydrogens is 474 g/mol. The van der Waals surface area contributed by atoms with Gasteiger partial charge in [0.05, 0.1) is 17.8 Å². The molecule has 12 heteroatoms. The normalized spacial score (nSPS) is 19.5. The molecule has 190 valence electrons. The van der Waals surface area contributed by atoms with Crippen molar-refractivity contribution in [1.82, 2.24) is 35.2 Å². The molecule has 4 aromatic rings. The van der Waals surface area contributed by atoms with Gasteiger partial charge < -0.3 is 24.7 Å². The molecule has 0 spiro atoms. The molecule has 2 aliphatic heterocycles. The van der Waals surface area contributed by atoms with Gasteiger partial charge in [0.25, 0.3) is 5.91 Å². The van der Waals surface area contributed by atoms with E-state index in [0.29, 0.717) is 55.1 Å². The van der Waals surface area contributed by atoms with Crippen LogP contribution in [0.25, 0.3) is 11.4 Å². The molecule has 0 unspecified atom stereocenters. The standard InChI is InChI=1S/C25H27N9O3/c1-15-11-23(31-30-15)28-22-13-19(24(36)33-10-7-16(35)14-33)27-25(29-22)34-9-4-6-20(34)21-12-18(32-37-21)17-5-2-3-8-26-17/h2-3,5,8,11-13,16,20,35H,4,6-7,9-10,14H2,1H3,(H2,27,28,29,30,31)/t16-,20+/m1/s1. The number of carbonyl (C=O) groups is 1. The number of aliphatic hydroxyl groups is 1. The molecular formula is C25H27N9O3. The smallest absolute Gasteiger partial charge is 0.272 e. The van der Waals surface area contributed by atoms with E-state index < -0.39 is 6.10 Å². The van der Waals surface area contributed by atoms with E-state index in [1.54, 1.807) is 17.2 Å². The van der Waals surface area contributed by atoms with Crippen LogP contribution in [0.15, 0.2) is 47.1 Å². The number of aliphatic hydroxyl groups excluding tert-OH is 1. The zero-order chi connectivity index (χ0) is 25.4. The van der Waals surface area contributed by atoms with E-state index >= 15 is 0 Å². The maximum atomic E-state index is 13.3. The Morgan fingerprint density at radius 2 is 2.05 bits per heavy atom. The number of hydrogen-bond acceptors (Lipinski definition) is 10. The summed E-state index contributed by atoms with van der Waals surface area (Å²) < 4.78 is 5.73. The number of likely N-dealkylation sites (tertiary alicyclic amines) is 1. The Kier molecular flexibility index (Phi) is 6.01. The first kappa shape index (κ1) is 23.1. The van der Waals surface area contributed by atoms with Crippen molar-refractivity contribution in [1.29, 1.82) is 0 Å². The van der Waals surface area contributed by atoms with Crippen molar-refractivity contribution in [2.24, 2.45) is 0 Å². The summed E-state index contributed by atoms with van der Waals surface area (Å²) in [5.41, 5.74) is 2.55. The Morgan fingerprint density at radius 1 is 1.14 bits per heavy atom. The van der Waals surface area contributed by atoms with Crippen molar-refractivity contribution in [3.05, 3.63) is 59.7 Å². The molecule has 2 fully saturated rings. The van der Waals surface area contributed by atoms with Gasteiger partial charge in [-0.15, -0.1) is 0 Å². The minimum Gasteiger partial charge on any atom is -0.391 e. The molecule has 12 nitrogen and oxygen atoms in total. The second kappa shape index (κ2) is 9.62. The number of H-pyrrole nitrogens is 1. The number of nitrogens with one attached hydrogen (secondary N) is 2. The number of amides is 1. The van der Waals surface area contributed by atoms with Gasteiger partial charge in [0.2, 0.25) is 5.95 Å². The first-order valence-corrected chi connectivity index (χ1v) is 12.3. The highest BCUT2D eigenvalue weighted by molar-refractivity contribution is 5.93. The highest BCUT2D eigenvalue weighted by atomic mass is 16.5. The topological polar surface area (TPSA) is 149 Å². The van der Waals surface area contributed by atoms with E-state index in [2.05, 4.69) is 30.6 Å². The third-order valence-corrected chi connectivity index (χ3v) is 6.64. The summed E-state index contributed by atoms with van der Waals surface area (Å²) in [6.07, 6.45) is 3.50. The van der Waals surface area contributed by atoms with E-state index in [1.807, 2.05) is 42.2 Å². The molecule has 0 aromatic carbocycles. The van der Waals surface area contributed by atoms with Crippen LogP contribution in [0.1, 0.15) is 47.2 Å². The van der Waals surface area contributed by atoms with Gasteiger partial charge in [-0.25, -0.2) is 4.98 Å². The van der Waals surface area contributed by atoms with Crippen molar-refractivity contribution >= 4 is 23.5 Å². The maximum Gasteiger partial charge on any atom is 0.272 e. The lowest BCUT2D eigenvalue weighted by atomic mass is 10.1. The molecule has 0 aliphatic carbocycles. The average molecular weight is 502 g/mol. The van der Waals surface area contributed by atoms with Crippen molar-refractivity contribution in [3.63, 3.8) is 0 Å². The second-order valence-corrected chi connectivity index (χ2v) is 9.37. The molecule has 2 aliphatic rings. The van der Waals surface area contributed by atoms with E-state index in [1.165, 1.54) is 0 Å². The third kappa shape index (κ3) is 4.75. The van der Waals surface area contributed by atoms with Gasteiger partial charge in [0.15, 0.2) is 11.6 Å². The van der Waals surface area contributed by atoms with E-state index in [0.717, 1.165) is 24.2 Å². The quantitative estimate of drug-likeness (QED) is 0.360. The monoisotopic (exact) mass is 501 g/mol. The predicted molar refractivity (Wildman–Crippen MR) is 134 cm³/mol. The zero-order valence-electron chi connectivity index (χ0n) is 20.3. The molecule has 2 atom stereocenters. The summed E-state index contributed by atoms with van der Waals surface area (Å²) in [5, 5.41) is 24.5. The number of nitrogens with zero attached hydrogens (tertiary/aromatic N) is 7. The number of pyridine rings is 1. The number of carbonyl (C=O) groups excluding carboxylic acids is 1. The molecule has 2 saturated heterocycles. The average Bonchev–Trinajstić information content (AvgIpc) is 3.71. The van der Waals surface area contributed by atoms with Crippen molar-refractivity contribution in [2.75, 3.05) is 29.9 Å². The highest BCUT2D eigenvalue weighted by Gasteiger charge is 2.33. The number of aromatic amines is 1. The van der Waals surface area contributed by atoms with Crippen LogP contribution in [0.2, 0.25) is 0 Å². The number of aromatic nitrogens is 6. The molecule has 6 heterocycles. The highest BCUT2D eigenvalue weighted by Crippen LogP contribution is 2.36. The lowest BCUT2D eigenvalue weighted by Gasteiger charge is -2.24. The molecule has 0 radical (unpaired) electrons. The fourth-order valence-corrected chi connectivity index (χ4v) is 4.82. The summed E-state index contributed by atoms with van der Waals surface area (Å²) in [5.74, 6) is 1.91. The first-order valence-electron chi connectivity index (χ1n) is 12.3. The Hall–Kier alpha value is -4.32. The number of aryl methyl sites for hydroxylation is 1. The first-order chi connectivity index (χ1) is 18.0. The molecule has 3 N–H and O–H groups in total. The summed E-state index contributed by atoms with van der Waals surface area (Å²) in [7, 11) is 0. The summed E-state index contributed by atoms with van der Waals surface area (Å²) in [6.45, 7) is 3.38. The summed E-state index contributed by atoms with van der Waals surface area (Å²) >= 11 is 0. The van der Waals surface area contributed by atoms with Crippen LogP contribution in [0, 0.1) is 6.92 Å². The lowest BCUT2D eigenvalue weighted by molar-refractivity contribution is 0.0759. The van der Waals surface area contributed by atoms with Crippen molar-refractivity contribution < 1.29 is 14.4 Å². The van der Waals surface area contributed by atoms with Gasteiger partial charge in [-0.3, -0.25) is 14.9 Å². The molecule has 0 saturated carbocycles. The zero-order valence-corrected chi connectivity index (χ0v) is 20.3. The van der Waals surface area contributed by atoms with Crippen LogP contribution >= 0.6 is 0 Å². The Bertz CT molecular complexity index is 1400. The van der Waals surface area contributed by atoms with Crippen molar-refractivity contribution in [3.8, 4) is 11.4 Å². The fourth-order valence-electron chi connectivity index (χ4n) is 4.82. The Morgan fingerprint density at radius 3 is 2.81 bits per heavy atom. The summed E-state index contributed by atoms with van der Waals surface area (Å²) in [6, 6.07) is 10.9. The van der Waals surface area contributed by atoms with Gasteiger partial charge >= 0.3 is 0 Å². The molecule has 4 aromatic heterocycles. The van der Waals surface area contributed by atoms with Crippen molar-refractivity contribution in [2.45, 2.75) is 38.3 Å². The SMILES string of the molecule is Cc1cc(Nc2cc(C(=O)N3CC[C@@H](O)C3)nc(N3CCC[C@H]3c3cc(-c4ccccn4)no3)n2)n[nH]1. The number of β-amino-alcohol motifs (C(OH)–C–C–N with tert-alkyl or cyclic N) is 1. The minimum absolute atomic E-state index is 0.135. The van der Waals surface area contributed by atoms with E-state index in [4.69, 9.17) is 9.51 Å². The van der Waals surface area contributed by atoms with Gasteiger partial charge in [-0.05, 0) is 38.3 Å². The molecule has 37 heavy (non-hydrogen) atoms. The Balaban J connectivity index is 1.33. The van der Waals surface area contributed by atoms with Gasteiger partial charge in [0, 0.05) is 49.7 Å². The van der Waals surface area contributed by atoms with E-state index in [-0.39, 0.29) is 17.6 Å². The second-order valence-electron chi connectivity index (χ2n) is 9.37. The number of hydrogen-bond donors (Lipinski definition) is 3. The number of anilines is 3. The van der Waals surface area contributed by atoms with Crippen LogP contribution in [-0.4, -0.2) is 72.0 Å². The van der Waals surface area contributed by atoms with Gasteiger partial charge in [0.1, 0.15) is 17.2 Å². The lowest BCUT2D eigenvalue weighted by Crippen LogP contribution is -2.31. The third-order valence-electron chi connectivity index (χ3n) is 6.64. The largest absolute Gasteiger partial charge is 0.391 e. The fraction of sp³-hybridized carbons (Fsp3) is 0.360. The van der Waals surface area contributed by atoms with E-state index in [9.17, 15) is 9.90 Å². The van der Waals surface area contributed by atoms with Crippen LogP contribution in [-0.2, 0) is 0 Å². The van der Waals surface area contributed by atoms with Gasteiger partial charge in [-0.1, -0.05) is 11.2 Å². The van der Waals surface area contributed by atoms with Crippen LogP contribution in [0.3, 0.4) is 0 Å². The van der Waals surface area contributed by atoms with Gasteiger partial charge in [-0.2, -0.15) is 10.1 Å². The summed E-state index contributed by atoms with van der Waals surface area (Å²) in [4.78, 5) is 30.7. The molecule has 1 amide bonds. The predicted octanol–water partition coefficient (Wildman–Crippen LogP) is 2.85. The molecule has 6 rings (SSSR count). The Labute approximate surface area is 212 Å². The number of rotatable bonds is 6. The van der Waals surface area contributed by atoms with Crippen LogP contribution in [0.5, 0.6) is 0 Å². The van der Waals surface area contributed by atoms with Crippen LogP contribution in [0.4, 0.5) is 17.6 Å².